The minimum Gasteiger partial charge on any atom is -0.466 e. The lowest BCUT2D eigenvalue weighted by atomic mass is 10.0. The zero-order chi connectivity index (χ0) is 28.0. The van der Waals surface area contributed by atoms with Gasteiger partial charge in [0.15, 0.2) is 5.13 Å². The molecule has 1 aliphatic rings. The van der Waals surface area contributed by atoms with Gasteiger partial charge in [0.25, 0.3) is 0 Å². The number of rotatable bonds is 13. The van der Waals surface area contributed by atoms with Crippen LogP contribution in [0.2, 0.25) is 0 Å². The highest BCUT2D eigenvalue weighted by atomic mass is 32.1. The molecule has 11 nitrogen and oxygen atoms in total. The van der Waals surface area contributed by atoms with Crippen molar-refractivity contribution in [2.45, 2.75) is 39.2 Å². The summed E-state index contributed by atoms with van der Waals surface area (Å²) >= 11 is 1.53. The SMILES string of the molecule is CCOC(=O)CCN(c1nc(-c2ccc(/C=N/C(=O)OCCN)cc2)cs1)C1CCN(CC(=O)OCC)CC1. The Morgan fingerprint density at radius 3 is 2.46 bits per heavy atom. The van der Waals surface area contributed by atoms with Crippen LogP contribution in [0.5, 0.6) is 0 Å². The molecule has 0 saturated carbocycles. The van der Waals surface area contributed by atoms with E-state index in [2.05, 4.69) is 14.8 Å². The lowest BCUT2D eigenvalue weighted by Crippen LogP contribution is -2.47. The number of thiazole rings is 1. The van der Waals surface area contributed by atoms with Gasteiger partial charge in [-0.05, 0) is 32.3 Å². The van der Waals surface area contributed by atoms with Gasteiger partial charge in [-0.1, -0.05) is 24.3 Å². The average Bonchev–Trinajstić information content (AvgIpc) is 3.42. The van der Waals surface area contributed by atoms with Crippen LogP contribution < -0.4 is 10.6 Å². The molecule has 1 amide bonds. The van der Waals surface area contributed by atoms with Gasteiger partial charge in [-0.15, -0.1) is 11.3 Å². The summed E-state index contributed by atoms with van der Waals surface area (Å²) in [6, 6.07) is 7.73. The van der Waals surface area contributed by atoms with E-state index < -0.39 is 6.09 Å². The van der Waals surface area contributed by atoms with Gasteiger partial charge in [0.1, 0.15) is 6.61 Å². The number of hydrogen-bond donors (Lipinski definition) is 1. The van der Waals surface area contributed by atoms with Gasteiger partial charge < -0.3 is 24.8 Å². The molecular formula is C27H37N5O6S. The Labute approximate surface area is 232 Å². The number of hydrogen-bond acceptors (Lipinski definition) is 11. The molecule has 0 aliphatic carbocycles. The second-order valence-corrected chi connectivity index (χ2v) is 9.70. The lowest BCUT2D eigenvalue weighted by molar-refractivity contribution is -0.145. The van der Waals surface area contributed by atoms with Crippen LogP contribution in [0, 0.1) is 0 Å². The van der Waals surface area contributed by atoms with Crippen molar-refractivity contribution < 1.29 is 28.6 Å². The number of carbonyl (C=O) groups excluding carboxylic acids is 3. The number of piperidine rings is 1. The molecular weight excluding hydrogens is 522 g/mol. The first kappa shape index (κ1) is 30.2. The number of benzene rings is 1. The molecule has 1 aromatic heterocycles. The number of nitrogens with zero attached hydrogens (tertiary/aromatic N) is 4. The number of carbonyl (C=O) groups is 3. The molecule has 0 radical (unpaired) electrons. The fraction of sp³-hybridized carbons (Fsp3) is 0.519. The standard InChI is InChI=1S/C27H37N5O6S/c1-3-36-24(33)11-15-32(22-9-13-31(14-10-22)18-25(34)37-4-2)26-30-23(19-39-26)21-7-5-20(6-8-21)17-29-27(35)38-16-12-28/h5-8,17,19,22H,3-4,9-16,18,28H2,1-2H3/b29-17+. The van der Waals surface area contributed by atoms with Gasteiger partial charge in [-0.2, -0.15) is 4.99 Å². The number of nitrogens with two attached hydrogens (primary N) is 1. The maximum atomic E-state index is 12.1. The molecule has 2 heterocycles. The third-order valence-electron chi connectivity index (χ3n) is 6.12. The van der Waals surface area contributed by atoms with E-state index in [1.165, 1.54) is 17.6 Å². The highest BCUT2D eigenvalue weighted by Crippen LogP contribution is 2.31. The summed E-state index contributed by atoms with van der Waals surface area (Å²) in [5.74, 6) is -0.438. The summed E-state index contributed by atoms with van der Waals surface area (Å²) in [6.45, 7) is 7.04. The smallest absolute Gasteiger partial charge is 0.433 e. The van der Waals surface area contributed by atoms with Crippen LogP contribution in [0.4, 0.5) is 9.93 Å². The zero-order valence-corrected chi connectivity index (χ0v) is 23.4. The molecule has 0 spiro atoms. The maximum Gasteiger partial charge on any atom is 0.433 e. The molecule has 3 rings (SSSR count). The Balaban J connectivity index is 1.68. The van der Waals surface area contributed by atoms with Crippen molar-refractivity contribution >= 4 is 40.7 Å². The first-order valence-corrected chi connectivity index (χ1v) is 14.1. The van der Waals surface area contributed by atoms with E-state index in [4.69, 9.17) is 24.9 Å². The second kappa shape index (κ2) is 15.9. The molecule has 1 aliphatic heterocycles. The molecule has 1 fully saturated rings. The van der Waals surface area contributed by atoms with E-state index in [1.54, 1.807) is 13.8 Å². The van der Waals surface area contributed by atoms with Crippen molar-refractivity contribution in [3.63, 3.8) is 0 Å². The summed E-state index contributed by atoms with van der Waals surface area (Å²) in [5, 5.41) is 2.84. The number of aromatic nitrogens is 1. The minimum absolute atomic E-state index is 0.130. The summed E-state index contributed by atoms with van der Waals surface area (Å²) < 4.78 is 15.1. The predicted octanol–water partition coefficient (Wildman–Crippen LogP) is 3.11. The van der Waals surface area contributed by atoms with Crippen LogP contribution in [0.3, 0.4) is 0 Å². The third kappa shape index (κ3) is 9.72. The molecule has 212 valence electrons. The summed E-state index contributed by atoms with van der Waals surface area (Å²) in [4.78, 5) is 48.5. The van der Waals surface area contributed by atoms with Crippen LogP contribution in [0.25, 0.3) is 11.3 Å². The normalized spacial score (nSPS) is 14.3. The number of aliphatic imine (C=N–C) groups is 1. The Kier molecular flexibility index (Phi) is 12.3. The van der Waals surface area contributed by atoms with Crippen molar-refractivity contribution in [1.82, 2.24) is 9.88 Å². The van der Waals surface area contributed by atoms with E-state index in [-0.39, 0.29) is 37.6 Å². The van der Waals surface area contributed by atoms with Crippen molar-refractivity contribution in [3.8, 4) is 11.3 Å². The van der Waals surface area contributed by atoms with Crippen molar-refractivity contribution in [3.05, 3.63) is 35.2 Å². The van der Waals surface area contributed by atoms with E-state index in [9.17, 15) is 14.4 Å². The number of anilines is 1. The number of amides is 1. The first-order valence-electron chi connectivity index (χ1n) is 13.2. The second-order valence-electron chi connectivity index (χ2n) is 8.86. The summed E-state index contributed by atoms with van der Waals surface area (Å²) in [5.41, 5.74) is 7.82. The van der Waals surface area contributed by atoms with E-state index in [0.29, 0.717) is 26.3 Å². The molecule has 2 N–H and O–H groups in total. The lowest BCUT2D eigenvalue weighted by Gasteiger charge is -2.38. The van der Waals surface area contributed by atoms with Crippen molar-refractivity contribution in [2.75, 3.05) is 57.4 Å². The zero-order valence-electron chi connectivity index (χ0n) is 22.5. The van der Waals surface area contributed by atoms with Gasteiger partial charge in [-0.3, -0.25) is 14.5 Å². The van der Waals surface area contributed by atoms with Gasteiger partial charge in [0, 0.05) is 49.4 Å². The average molecular weight is 560 g/mol. The first-order chi connectivity index (χ1) is 18.9. The monoisotopic (exact) mass is 559 g/mol. The predicted molar refractivity (Wildman–Crippen MR) is 150 cm³/mol. The van der Waals surface area contributed by atoms with E-state index in [0.717, 1.165) is 47.9 Å². The van der Waals surface area contributed by atoms with Crippen LogP contribution in [-0.4, -0.2) is 92.7 Å². The molecule has 1 aromatic carbocycles. The molecule has 0 atom stereocenters. The van der Waals surface area contributed by atoms with E-state index >= 15 is 0 Å². The van der Waals surface area contributed by atoms with E-state index in [1.807, 2.05) is 29.6 Å². The largest absolute Gasteiger partial charge is 0.466 e. The maximum absolute atomic E-state index is 12.1. The van der Waals surface area contributed by atoms with Gasteiger partial charge in [0.2, 0.25) is 0 Å². The van der Waals surface area contributed by atoms with Gasteiger partial charge in [0.05, 0.1) is 31.9 Å². The fourth-order valence-corrected chi connectivity index (χ4v) is 5.17. The van der Waals surface area contributed by atoms with Crippen LogP contribution in [0.15, 0.2) is 34.6 Å². The van der Waals surface area contributed by atoms with Gasteiger partial charge >= 0.3 is 18.0 Å². The summed E-state index contributed by atoms with van der Waals surface area (Å²) in [7, 11) is 0. The molecule has 12 heteroatoms. The van der Waals surface area contributed by atoms with Crippen molar-refractivity contribution in [2.24, 2.45) is 10.7 Å². The van der Waals surface area contributed by atoms with Crippen molar-refractivity contribution in [1.29, 1.82) is 0 Å². The fourth-order valence-electron chi connectivity index (χ4n) is 4.24. The Hall–Kier alpha value is -3.35. The molecule has 0 bridgehead atoms. The highest BCUT2D eigenvalue weighted by molar-refractivity contribution is 7.14. The highest BCUT2D eigenvalue weighted by Gasteiger charge is 2.28. The van der Waals surface area contributed by atoms with Gasteiger partial charge in [-0.25, -0.2) is 9.78 Å². The topological polar surface area (TPSA) is 137 Å². The molecule has 0 unspecified atom stereocenters. The minimum atomic E-state index is -0.677. The summed E-state index contributed by atoms with van der Waals surface area (Å²) in [6.07, 6.45) is 2.73. The number of esters is 2. The number of likely N-dealkylation sites (tertiary alicyclic amines) is 1. The molecule has 1 saturated heterocycles. The van der Waals surface area contributed by atoms with Crippen LogP contribution >= 0.6 is 11.3 Å². The third-order valence-corrected chi connectivity index (χ3v) is 7.00. The quantitative estimate of drug-likeness (QED) is 0.221. The Bertz CT molecular complexity index is 1100. The Morgan fingerprint density at radius 1 is 1.10 bits per heavy atom. The van der Waals surface area contributed by atoms with Crippen LogP contribution in [0.1, 0.15) is 38.7 Å². The molecule has 39 heavy (non-hydrogen) atoms. The number of ether oxygens (including phenoxy) is 3. The molecule has 2 aromatic rings. The Morgan fingerprint density at radius 2 is 1.79 bits per heavy atom. The van der Waals surface area contributed by atoms with Crippen LogP contribution in [-0.2, 0) is 23.8 Å².